The van der Waals surface area contributed by atoms with Gasteiger partial charge in [-0.2, -0.15) is 0 Å². The molecule has 7 heteroatoms. The Morgan fingerprint density at radius 3 is 2.74 bits per heavy atom. The third-order valence-corrected chi connectivity index (χ3v) is 3.89. The number of thioether (sulfide) groups is 1. The summed E-state index contributed by atoms with van der Waals surface area (Å²) in [5, 5.41) is 10.8. The molecule has 0 saturated carbocycles. The van der Waals surface area contributed by atoms with Gasteiger partial charge in [-0.15, -0.1) is 0 Å². The van der Waals surface area contributed by atoms with Crippen LogP contribution in [0, 0.1) is 0 Å². The van der Waals surface area contributed by atoms with Crippen molar-refractivity contribution >= 4 is 46.3 Å². The minimum Gasteiger partial charge on any atom is -0.548 e. The molecule has 1 amide bonds. The summed E-state index contributed by atoms with van der Waals surface area (Å²) in [6, 6.07) is 2.42. The first-order valence-electron chi connectivity index (χ1n) is 5.38. The largest absolute Gasteiger partial charge is 0.548 e. The van der Waals surface area contributed by atoms with Crippen LogP contribution in [0.5, 0.6) is 0 Å². The third kappa shape index (κ3) is 2.82. The molecule has 1 atom stereocenters. The van der Waals surface area contributed by atoms with E-state index in [9.17, 15) is 14.7 Å². The zero-order valence-corrected chi connectivity index (χ0v) is 11.5. The van der Waals surface area contributed by atoms with Gasteiger partial charge in [0.25, 0.3) is 5.91 Å². The van der Waals surface area contributed by atoms with Gasteiger partial charge in [0.1, 0.15) is 4.32 Å². The van der Waals surface area contributed by atoms with Crippen LogP contribution in [0.25, 0.3) is 6.08 Å². The summed E-state index contributed by atoms with van der Waals surface area (Å²) in [5.74, 6) is -1.75. The Labute approximate surface area is 119 Å². The first-order valence-corrected chi connectivity index (χ1v) is 6.61. The smallest absolute Gasteiger partial charge is 0.266 e. The van der Waals surface area contributed by atoms with E-state index in [4.69, 9.17) is 12.2 Å². The van der Waals surface area contributed by atoms with Crippen LogP contribution in [0.3, 0.4) is 0 Å². The molecule has 1 fully saturated rings. The molecule has 98 valence electrons. The zero-order chi connectivity index (χ0) is 14.0. The van der Waals surface area contributed by atoms with Crippen LogP contribution < -0.4 is 5.11 Å². The van der Waals surface area contributed by atoms with E-state index in [1.54, 1.807) is 30.6 Å². The van der Waals surface area contributed by atoms with Gasteiger partial charge in [0.15, 0.2) is 0 Å². The van der Waals surface area contributed by atoms with Gasteiger partial charge in [0.05, 0.1) is 16.9 Å². The average Bonchev–Trinajstić information content (AvgIpc) is 2.65. The highest BCUT2D eigenvalue weighted by molar-refractivity contribution is 8.26. The fourth-order valence-corrected chi connectivity index (χ4v) is 2.95. The molecule has 0 aliphatic carbocycles. The molecule has 2 heterocycles. The lowest BCUT2D eigenvalue weighted by molar-refractivity contribution is -0.309. The Bertz CT molecular complexity index is 572. The van der Waals surface area contributed by atoms with Crippen LogP contribution in [-0.2, 0) is 9.59 Å². The van der Waals surface area contributed by atoms with Crippen molar-refractivity contribution in [2.45, 2.75) is 13.0 Å². The van der Waals surface area contributed by atoms with Gasteiger partial charge in [0.2, 0.25) is 0 Å². The number of hydrogen-bond donors (Lipinski definition) is 0. The Morgan fingerprint density at radius 2 is 2.16 bits per heavy atom. The number of rotatable bonds is 3. The van der Waals surface area contributed by atoms with E-state index in [1.807, 2.05) is 0 Å². The maximum absolute atomic E-state index is 12.1. The predicted octanol–water partition coefficient (Wildman–Crippen LogP) is 0.421. The van der Waals surface area contributed by atoms with E-state index in [1.165, 1.54) is 6.92 Å². The SMILES string of the molecule is C[C@@H](C(=O)[O-])N1C(=O)C(=Cc2ccncc2)SC1=S. The molecule has 2 rings (SSSR count). The number of carbonyl (C=O) groups excluding carboxylic acids is 2. The highest BCUT2D eigenvalue weighted by Crippen LogP contribution is 2.33. The van der Waals surface area contributed by atoms with E-state index in [0.29, 0.717) is 4.91 Å². The van der Waals surface area contributed by atoms with Crippen molar-refractivity contribution in [3.8, 4) is 0 Å². The van der Waals surface area contributed by atoms with Crippen LogP contribution in [0.2, 0.25) is 0 Å². The fraction of sp³-hybridized carbons (Fsp3) is 0.167. The lowest BCUT2D eigenvalue weighted by atomic mass is 10.2. The van der Waals surface area contributed by atoms with Crippen molar-refractivity contribution in [1.82, 2.24) is 9.88 Å². The molecule has 0 spiro atoms. The lowest BCUT2D eigenvalue weighted by Crippen LogP contribution is -2.48. The maximum atomic E-state index is 12.1. The van der Waals surface area contributed by atoms with Gasteiger partial charge in [-0.3, -0.25) is 14.7 Å². The number of aromatic nitrogens is 1. The number of thiocarbonyl (C=S) groups is 1. The molecule has 0 radical (unpaired) electrons. The summed E-state index contributed by atoms with van der Waals surface area (Å²) in [5.41, 5.74) is 0.802. The van der Waals surface area contributed by atoms with Gasteiger partial charge in [-0.25, -0.2) is 0 Å². The zero-order valence-electron chi connectivity index (χ0n) is 9.90. The molecule has 1 aliphatic rings. The summed E-state index contributed by atoms with van der Waals surface area (Å²) in [4.78, 5) is 28.3. The van der Waals surface area contributed by atoms with Crippen molar-refractivity contribution in [2.75, 3.05) is 0 Å². The van der Waals surface area contributed by atoms with Crippen molar-refractivity contribution in [1.29, 1.82) is 0 Å². The highest BCUT2D eigenvalue weighted by atomic mass is 32.2. The molecule has 0 bridgehead atoms. The summed E-state index contributed by atoms with van der Waals surface area (Å²) in [6.07, 6.45) is 4.87. The molecule has 0 unspecified atom stereocenters. The molecule has 1 aromatic heterocycles. The minimum atomic E-state index is -1.33. The Balaban J connectivity index is 2.28. The number of carbonyl (C=O) groups is 2. The minimum absolute atomic E-state index is 0.224. The Hall–Kier alpha value is -1.73. The molecule has 1 aromatic rings. The molecule has 0 aromatic carbocycles. The van der Waals surface area contributed by atoms with Crippen LogP contribution in [-0.4, -0.2) is 32.1 Å². The molecular weight excluding hydrogens is 284 g/mol. The highest BCUT2D eigenvalue weighted by Gasteiger charge is 2.35. The lowest BCUT2D eigenvalue weighted by Gasteiger charge is -2.23. The average molecular weight is 293 g/mol. The van der Waals surface area contributed by atoms with Crippen LogP contribution in [0.4, 0.5) is 0 Å². The van der Waals surface area contributed by atoms with Gasteiger partial charge < -0.3 is 9.90 Å². The van der Waals surface area contributed by atoms with Gasteiger partial charge in [-0.05, 0) is 30.7 Å². The number of hydrogen-bond acceptors (Lipinski definition) is 6. The molecule has 0 N–H and O–H groups in total. The molecule has 19 heavy (non-hydrogen) atoms. The van der Waals surface area contributed by atoms with E-state index < -0.39 is 17.9 Å². The van der Waals surface area contributed by atoms with Crippen molar-refractivity contribution in [3.05, 3.63) is 35.0 Å². The second-order valence-electron chi connectivity index (χ2n) is 3.83. The topological polar surface area (TPSA) is 73.3 Å². The molecule has 1 aliphatic heterocycles. The third-order valence-electron chi connectivity index (χ3n) is 2.56. The molecule has 5 nitrogen and oxygen atoms in total. The number of amides is 1. The van der Waals surface area contributed by atoms with Crippen LogP contribution >= 0.6 is 24.0 Å². The van der Waals surface area contributed by atoms with Crippen LogP contribution in [0.15, 0.2) is 29.4 Å². The summed E-state index contributed by atoms with van der Waals surface area (Å²) in [7, 11) is 0. The van der Waals surface area contributed by atoms with Crippen molar-refractivity contribution < 1.29 is 14.7 Å². The monoisotopic (exact) mass is 293 g/mol. The summed E-state index contributed by atoms with van der Waals surface area (Å²) >= 11 is 6.11. The Morgan fingerprint density at radius 1 is 1.53 bits per heavy atom. The van der Waals surface area contributed by atoms with Crippen molar-refractivity contribution in [3.63, 3.8) is 0 Å². The van der Waals surface area contributed by atoms with E-state index in [0.717, 1.165) is 22.2 Å². The first kappa shape index (κ1) is 13.7. The van der Waals surface area contributed by atoms with Gasteiger partial charge in [0, 0.05) is 12.4 Å². The number of nitrogens with zero attached hydrogens (tertiary/aromatic N) is 2. The van der Waals surface area contributed by atoms with Gasteiger partial charge >= 0.3 is 0 Å². The van der Waals surface area contributed by atoms with E-state index in [-0.39, 0.29) is 4.32 Å². The van der Waals surface area contributed by atoms with Gasteiger partial charge in [-0.1, -0.05) is 24.0 Å². The second kappa shape index (κ2) is 5.50. The van der Waals surface area contributed by atoms with Crippen LogP contribution in [0.1, 0.15) is 12.5 Å². The van der Waals surface area contributed by atoms with E-state index >= 15 is 0 Å². The summed E-state index contributed by atoms with van der Waals surface area (Å²) < 4.78 is 0.224. The quantitative estimate of drug-likeness (QED) is 0.594. The molecular formula is C12H9N2O3S2-. The maximum Gasteiger partial charge on any atom is 0.266 e. The Kier molecular flexibility index (Phi) is 3.96. The summed E-state index contributed by atoms with van der Waals surface area (Å²) in [6.45, 7) is 1.37. The number of pyridine rings is 1. The fourth-order valence-electron chi connectivity index (χ4n) is 1.53. The normalized spacial score (nSPS) is 19.0. The second-order valence-corrected chi connectivity index (χ2v) is 5.50. The van der Waals surface area contributed by atoms with E-state index in [2.05, 4.69) is 4.98 Å². The number of carboxylic acid groups (broad SMARTS) is 1. The number of carboxylic acids is 1. The standard InChI is InChI=1S/C12H10N2O3S2/c1-7(11(16)17)14-10(15)9(19-12(14)18)6-8-2-4-13-5-3-8/h2-7H,1H3,(H,16,17)/p-1/t7-/m0/s1. The first-order chi connectivity index (χ1) is 9.00. The number of aliphatic carboxylic acids is 1. The molecule has 1 saturated heterocycles. The predicted molar refractivity (Wildman–Crippen MR) is 73.7 cm³/mol. The van der Waals surface area contributed by atoms with Crippen molar-refractivity contribution in [2.24, 2.45) is 0 Å².